The predicted molar refractivity (Wildman–Crippen MR) is 50.2 cm³/mol. The van der Waals surface area contributed by atoms with Gasteiger partial charge in [0, 0.05) is 17.3 Å². The van der Waals surface area contributed by atoms with E-state index in [1.165, 1.54) is 11.1 Å². The second-order valence-electron chi connectivity index (χ2n) is 2.99. The molecule has 2 aromatic rings. The van der Waals surface area contributed by atoms with Crippen LogP contribution in [0, 0.1) is 6.92 Å². The molecule has 2 heteroatoms. The van der Waals surface area contributed by atoms with E-state index in [2.05, 4.69) is 29.0 Å². The molecule has 0 unspecified atom stereocenters. The van der Waals surface area contributed by atoms with Crippen molar-refractivity contribution in [3.63, 3.8) is 0 Å². The van der Waals surface area contributed by atoms with Gasteiger partial charge in [-0.3, -0.25) is 4.98 Å². The summed E-state index contributed by atoms with van der Waals surface area (Å²) in [5.74, 6) is 0. The average molecular weight is 160 g/mol. The van der Waals surface area contributed by atoms with E-state index in [4.69, 9.17) is 0 Å². The Kier molecular flexibility index (Phi) is 1.61. The van der Waals surface area contributed by atoms with Crippen LogP contribution in [0.25, 0.3) is 10.9 Å². The number of rotatable bonds is 1. The molecule has 0 aromatic carbocycles. The zero-order valence-corrected chi connectivity index (χ0v) is 7.39. The lowest BCUT2D eigenvalue weighted by Gasteiger charge is -1.99. The van der Waals surface area contributed by atoms with E-state index in [0.717, 1.165) is 17.6 Å². The molecule has 2 heterocycles. The summed E-state index contributed by atoms with van der Waals surface area (Å²) >= 11 is 0. The van der Waals surface area contributed by atoms with Crippen molar-refractivity contribution in [3.05, 3.63) is 29.7 Å². The Morgan fingerprint density at radius 2 is 2.33 bits per heavy atom. The molecule has 0 fully saturated rings. The van der Waals surface area contributed by atoms with Gasteiger partial charge >= 0.3 is 0 Å². The molecule has 0 atom stereocenters. The van der Waals surface area contributed by atoms with Crippen LogP contribution < -0.4 is 0 Å². The van der Waals surface area contributed by atoms with Crippen molar-refractivity contribution >= 4 is 10.9 Å². The molecule has 2 rings (SSSR count). The van der Waals surface area contributed by atoms with Crippen molar-refractivity contribution in [1.29, 1.82) is 0 Å². The molecule has 0 saturated carbocycles. The minimum atomic E-state index is 1.00. The predicted octanol–water partition coefficient (Wildman–Crippen LogP) is 2.43. The van der Waals surface area contributed by atoms with E-state index in [9.17, 15) is 0 Å². The molecular weight excluding hydrogens is 148 g/mol. The van der Waals surface area contributed by atoms with Gasteiger partial charge in [0.05, 0.1) is 11.2 Å². The minimum absolute atomic E-state index is 1.00. The van der Waals surface area contributed by atoms with E-state index in [1.54, 1.807) is 0 Å². The molecule has 2 aromatic heterocycles. The first-order valence-electron chi connectivity index (χ1n) is 4.25. The number of pyridine rings is 1. The molecule has 62 valence electrons. The lowest BCUT2D eigenvalue weighted by molar-refractivity contribution is 1.02. The maximum Gasteiger partial charge on any atom is 0.0670 e. The third-order valence-electron chi connectivity index (χ3n) is 2.14. The molecule has 0 radical (unpaired) electrons. The molecule has 0 aliphatic rings. The van der Waals surface area contributed by atoms with Crippen molar-refractivity contribution in [2.75, 3.05) is 0 Å². The Balaban J connectivity index is 2.75. The number of hydrogen-bond acceptors (Lipinski definition) is 1. The monoisotopic (exact) mass is 160 g/mol. The highest BCUT2D eigenvalue weighted by atomic mass is 14.8. The standard InChI is InChI=1S/C10H12N2/c1-3-9-6-8-4-5-11-10(8)7(2)12-9/h4-6,11H,3H2,1-2H3. The molecule has 0 bridgehead atoms. The SMILES string of the molecule is CCc1cc2cc[nH]c2c(C)n1. The second kappa shape index (κ2) is 2.63. The Labute approximate surface area is 71.6 Å². The van der Waals surface area contributed by atoms with E-state index < -0.39 is 0 Å². The molecular formula is C10H12N2. The van der Waals surface area contributed by atoms with Crippen molar-refractivity contribution in [2.24, 2.45) is 0 Å². The summed E-state index contributed by atoms with van der Waals surface area (Å²) in [6.45, 7) is 4.16. The van der Waals surface area contributed by atoms with Crippen molar-refractivity contribution in [1.82, 2.24) is 9.97 Å². The number of nitrogens with zero attached hydrogens (tertiary/aromatic N) is 1. The van der Waals surface area contributed by atoms with Crippen molar-refractivity contribution < 1.29 is 0 Å². The number of aryl methyl sites for hydroxylation is 2. The lowest BCUT2D eigenvalue weighted by atomic mass is 10.2. The minimum Gasteiger partial charge on any atom is -0.360 e. The van der Waals surface area contributed by atoms with Gasteiger partial charge in [-0.05, 0) is 25.5 Å². The Morgan fingerprint density at radius 1 is 1.50 bits per heavy atom. The summed E-state index contributed by atoms with van der Waals surface area (Å²) in [5.41, 5.74) is 3.42. The summed E-state index contributed by atoms with van der Waals surface area (Å²) in [6, 6.07) is 4.22. The lowest BCUT2D eigenvalue weighted by Crippen LogP contribution is -1.90. The van der Waals surface area contributed by atoms with Gasteiger partial charge in [0.1, 0.15) is 0 Å². The number of nitrogens with one attached hydrogen (secondary N) is 1. The van der Waals surface area contributed by atoms with Crippen LogP contribution in [-0.4, -0.2) is 9.97 Å². The fourth-order valence-corrected chi connectivity index (χ4v) is 1.48. The average Bonchev–Trinajstić information content (AvgIpc) is 2.52. The molecule has 0 spiro atoms. The van der Waals surface area contributed by atoms with Gasteiger partial charge < -0.3 is 4.98 Å². The summed E-state index contributed by atoms with van der Waals surface area (Å²) in [5, 5.41) is 1.26. The van der Waals surface area contributed by atoms with Gasteiger partial charge in [-0.25, -0.2) is 0 Å². The molecule has 1 N–H and O–H groups in total. The first-order chi connectivity index (χ1) is 5.81. The molecule has 2 nitrogen and oxygen atoms in total. The smallest absolute Gasteiger partial charge is 0.0670 e. The maximum atomic E-state index is 4.46. The highest BCUT2D eigenvalue weighted by Gasteiger charge is 2.00. The van der Waals surface area contributed by atoms with Crippen LogP contribution in [0.3, 0.4) is 0 Å². The van der Waals surface area contributed by atoms with Gasteiger partial charge in [0.15, 0.2) is 0 Å². The van der Waals surface area contributed by atoms with Crippen LogP contribution in [0.1, 0.15) is 18.3 Å². The second-order valence-corrected chi connectivity index (χ2v) is 2.99. The van der Waals surface area contributed by atoms with Gasteiger partial charge in [0.2, 0.25) is 0 Å². The largest absolute Gasteiger partial charge is 0.360 e. The molecule has 0 aliphatic heterocycles. The Bertz CT molecular complexity index is 401. The number of aromatic amines is 1. The third kappa shape index (κ3) is 0.998. The fourth-order valence-electron chi connectivity index (χ4n) is 1.48. The Morgan fingerprint density at radius 3 is 3.08 bits per heavy atom. The van der Waals surface area contributed by atoms with Crippen molar-refractivity contribution in [2.45, 2.75) is 20.3 Å². The van der Waals surface area contributed by atoms with Gasteiger partial charge in [-0.15, -0.1) is 0 Å². The maximum absolute atomic E-state index is 4.46. The molecule has 0 amide bonds. The van der Waals surface area contributed by atoms with Crippen LogP contribution in [0.2, 0.25) is 0 Å². The van der Waals surface area contributed by atoms with E-state index in [-0.39, 0.29) is 0 Å². The summed E-state index contributed by atoms with van der Waals surface area (Å²) in [4.78, 5) is 7.64. The van der Waals surface area contributed by atoms with Gasteiger partial charge in [0.25, 0.3) is 0 Å². The van der Waals surface area contributed by atoms with Crippen LogP contribution in [0.5, 0.6) is 0 Å². The first-order valence-corrected chi connectivity index (χ1v) is 4.25. The Hall–Kier alpha value is -1.31. The van der Waals surface area contributed by atoms with Gasteiger partial charge in [-0.2, -0.15) is 0 Å². The normalized spacial score (nSPS) is 10.8. The third-order valence-corrected chi connectivity index (χ3v) is 2.14. The fraction of sp³-hybridized carbons (Fsp3) is 0.300. The van der Waals surface area contributed by atoms with Crippen LogP contribution in [0.4, 0.5) is 0 Å². The number of hydrogen-bond donors (Lipinski definition) is 1. The number of H-pyrrole nitrogens is 1. The zero-order valence-electron chi connectivity index (χ0n) is 7.39. The summed E-state index contributed by atoms with van der Waals surface area (Å²) in [6.07, 6.45) is 2.96. The molecule has 12 heavy (non-hydrogen) atoms. The number of fused-ring (bicyclic) bond motifs is 1. The van der Waals surface area contributed by atoms with Crippen LogP contribution in [0.15, 0.2) is 18.3 Å². The van der Waals surface area contributed by atoms with E-state index >= 15 is 0 Å². The summed E-state index contributed by atoms with van der Waals surface area (Å²) in [7, 11) is 0. The van der Waals surface area contributed by atoms with E-state index in [0.29, 0.717) is 0 Å². The highest BCUT2D eigenvalue weighted by Crippen LogP contribution is 2.16. The van der Waals surface area contributed by atoms with Gasteiger partial charge in [-0.1, -0.05) is 6.92 Å². The van der Waals surface area contributed by atoms with Crippen LogP contribution >= 0.6 is 0 Å². The zero-order chi connectivity index (χ0) is 8.55. The molecule has 0 saturated heterocycles. The topological polar surface area (TPSA) is 28.7 Å². The molecule has 0 aliphatic carbocycles. The quantitative estimate of drug-likeness (QED) is 0.682. The van der Waals surface area contributed by atoms with Crippen LogP contribution in [-0.2, 0) is 6.42 Å². The van der Waals surface area contributed by atoms with E-state index in [1.807, 2.05) is 13.1 Å². The number of aromatic nitrogens is 2. The van der Waals surface area contributed by atoms with Crippen molar-refractivity contribution in [3.8, 4) is 0 Å². The summed E-state index contributed by atoms with van der Waals surface area (Å²) < 4.78 is 0. The highest BCUT2D eigenvalue weighted by molar-refractivity contribution is 5.81. The first kappa shape index (κ1) is 7.35.